The van der Waals surface area contributed by atoms with Crippen molar-refractivity contribution in [3.63, 3.8) is 0 Å². The Morgan fingerprint density at radius 1 is 1.21 bits per heavy atom. The molecule has 0 bridgehead atoms. The van der Waals surface area contributed by atoms with E-state index in [0.717, 1.165) is 12.1 Å². The van der Waals surface area contributed by atoms with Crippen molar-refractivity contribution in [3.8, 4) is 0 Å². The van der Waals surface area contributed by atoms with Crippen LogP contribution in [-0.4, -0.2) is 9.97 Å². The average Bonchev–Trinajstić information content (AvgIpc) is 2.40. The van der Waals surface area contributed by atoms with E-state index in [0.29, 0.717) is 23.6 Å². The molecule has 1 aromatic heterocycles. The molecule has 0 fully saturated rings. The third-order valence-corrected chi connectivity index (χ3v) is 2.67. The van der Waals surface area contributed by atoms with E-state index in [1.54, 1.807) is 18.2 Å². The third-order valence-electron chi connectivity index (χ3n) is 2.46. The van der Waals surface area contributed by atoms with Gasteiger partial charge in [-0.15, -0.1) is 0 Å². The number of hydrogen-bond donors (Lipinski definition) is 2. The maximum atomic E-state index is 13.0. The first kappa shape index (κ1) is 13.4. The summed E-state index contributed by atoms with van der Waals surface area (Å²) >= 11 is 4.83. The normalized spacial score (nSPS) is 10.2. The number of rotatable bonds is 4. The van der Waals surface area contributed by atoms with Gasteiger partial charge in [0.15, 0.2) is 11.6 Å². The first-order valence-electron chi connectivity index (χ1n) is 5.51. The number of benzene rings is 1. The predicted molar refractivity (Wildman–Crippen MR) is 73.8 cm³/mol. The van der Waals surface area contributed by atoms with Crippen molar-refractivity contribution in [2.75, 3.05) is 5.32 Å². The molecule has 3 nitrogen and oxygen atoms in total. The molecule has 0 amide bonds. The van der Waals surface area contributed by atoms with Gasteiger partial charge in [0, 0.05) is 6.54 Å². The van der Waals surface area contributed by atoms with Gasteiger partial charge in [0.1, 0.15) is 10.8 Å². The Balaban J connectivity index is 2.07. The molecular weight excluding hydrogens is 268 g/mol. The lowest BCUT2D eigenvalue weighted by molar-refractivity contribution is 0.507. The van der Waals surface area contributed by atoms with Crippen LogP contribution in [0, 0.1) is 11.6 Å². The molecule has 0 radical (unpaired) electrons. The van der Waals surface area contributed by atoms with E-state index in [4.69, 9.17) is 18.0 Å². The van der Waals surface area contributed by atoms with Gasteiger partial charge in [-0.1, -0.05) is 24.4 Å². The average molecular weight is 279 g/mol. The van der Waals surface area contributed by atoms with Crippen molar-refractivity contribution in [1.29, 1.82) is 0 Å². The third kappa shape index (κ3) is 3.45. The summed E-state index contributed by atoms with van der Waals surface area (Å²) in [4.78, 5) is 4.39. The molecule has 2 rings (SSSR count). The lowest BCUT2D eigenvalue weighted by Crippen LogP contribution is -2.12. The summed E-state index contributed by atoms with van der Waals surface area (Å²) in [6.45, 7) is 0.324. The molecule has 0 aliphatic carbocycles. The van der Waals surface area contributed by atoms with Gasteiger partial charge in [-0.05, 0) is 29.8 Å². The van der Waals surface area contributed by atoms with Crippen LogP contribution in [0.2, 0.25) is 0 Å². The molecule has 1 aromatic carbocycles. The number of halogens is 2. The fraction of sp³-hybridized carbons (Fsp3) is 0.0769. The number of nitrogens with one attached hydrogen (secondary N) is 1. The second-order valence-electron chi connectivity index (χ2n) is 3.87. The van der Waals surface area contributed by atoms with E-state index in [9.17, 15) is 8.78 Å². The molecule has 3 N–H and O–H groups in total. The molecule has 0 spiro atoms. The van der Waals surface area contributed by atoms with Crippen LogP contribution in [-0.2, 0) is 6.54 Å². The fourth-order valence-electron chi connectivity index (χ4n) is 1.51. The van der Waals surface area contributed by atoms with Crippen molar-refractivity contribution >= 4 is 23.0 Å². The van der Waals surface area contributed by atoms with E-state index in [2.05, 4.69) is 10.3 Å². The van der Waals surface area contributed by atoms with Gasteiger partial charge in [0.05, 0.1) is 5.69 Å². The Kier molecular flexibility index (Phi) is 4.01. The number of pyridine rings is 1. The van der Waals surface area contributed by atoms with E-state index in [1.165, 1.54) is 6.07 Å². The van der Waals surface area contributed by atoms with Gasteiger partial charge in [0.2, 0.25) is 0 Å². The van der Waals surface area contributed by atoms with Crippen LogP contribution in [0.3, 0.4) is 0 Å². The highest BCUT2D eigenvalue weighted by Crippen LogP contribution is 2.11. The Morgan fingerprint density at radius 2 is 2.00 bits per heavy atom. The van der Waals surface area contributed by atoms with E-state index in [1.807, 2.05) is 0 Å². The SMILES string of the molecule is NC(=S)c1cccc(NCc2ccc(F)c(F)c2)n1. The molecule has 1 heterocycles. The Morgan fingerprint density at radius 3 is 2.68 bits per heavy atom. The molecular formula is C13H11F2N3S. The molecule has 0 saturated carbocycles. The summed E-state index contributed by atoms with van der Waals surface area (Å²) in [5.74, 6) is -1.17. The summed E-state index contributed by atoms with van der Waals surface area (Å²) < 4.78 is 25.8. The van der Waals surface area contributed by atoms with Crippen molar-refractivity contribution in [2.45, 2.75) is 6.54 Å². The van der Waals surface area contributed by atoms with Gasteiger partial charge in [-0.2, -0.15) is 0 Å². The molecule has 19 heavy (non-hydrogen) atoms. The molecule has 0 unspecified atom stereocenters. The largest absolute Gasteiger partial charge is 0.388 e. The minimum atomic E-state index is -0.871. The maximum Gasteiger partial charge on any atom is 0.159 e. The Labute approximate surface area is 114 Å². The van der Waals surface area contributed by atoms with E-state index in [-0.39, 0.29) is 4.99 Å². The monoisotopic (exact) mass is 279 g/mol. The minimum absolute atomic E-state index is 0.205. The Hall–Kier alpha value is -2.08. The molecule has 98 valence electrons. The van der Waals surface area contributed by atoms with Crippen molar-refractivity contribution in [3.05, 3.63) is 59.3 Å². The smallest absolute Gasteiger partial charge is 0.159 e. The van der Waals surface area contributed by atoms with Gasteiger partial charge in [-0.25, -0.2) is 13.8 Å². The standard InChI is InChI=1S/C13H11F2N3S/c14-9-5-4-8(6-10(9)15)7-17-12-3-1-2-11(18-12)13(16)19/h1-6H,7H2,(H2,16,19)(H,17,18). The molecule has 2 aromatic rings. The van der Waals surface area contributed by atoms with Crippen LogP contribution in [0.15, 0.2) is 36.4 Å². The first-order chi connectivity index (χ1) is 9.06. The Bertz CT molecular complexity index is 617. The van der Waals surface area contributed by atoms with Crippen LogP contribution in [0.5, 0.6) is 0 Å². The van der Waals surface area contributed by atoms with E-state index < -0.39 is 11.6 Å². The second-order valence-corrected chi connectivity index (χ2v) is 4.31. The lowest BCUT2D eigenvalue weighted by Gasteiger charge is -2.07. The predicted octanol–water partition coefficient (Wildman–Crippen LogP) is 2.61. The molecule has 0 aliphatic rings. The second kappa shape index (κ2) is 5.71. The van der Waals surface area contributed by atoms with Crippen molar-refractivity contribution < 1.29 is 8.78 Å². The highest BCUT2D eigenvalue weighted by atomic mass is 32.1. The minimum Gasteiger partial charge on any atom is -0.388 e. The lowest BCUT2D eigenvalue weighted by atomic mass is 10.2. The van der Waals surface area contributed by atoms with E-state index >= 15 is 0 Å². The summed E-state index contributed by atoms with van der Waals surface area (Å²) in [6.07, 6.45) is 0. The summed E-state index contributed by atoms with van der Waals surface area (Å²) in [5.41, 5.74) is 6.59. The number of hydrogen-bond acceptors (Lipinski definition) is 3. The van der Waals surface area contributed by atoms with Gasteiger partial charge in [0.25, 0.3) is 0 Å². The van der Waals surface area contributed by atoms with Gasteiger partial charge in [-0.3, -0.25) is 0 Å². The maximum absolute atomic E-state index is 13.0. The van der Waals surface area contributed by atoms with Crippen LogP contribution < -0.4 is 11.1 Å². The van der Waals surface area contributed by atoms with Crippen LogP contribution in [0.1, 0.15) is 11.3 Å². The number of thiocarbonyl (C=S) groups is 1. The van der Waals surface area contributed by atoms with Crippen LogP contribution in [0.25, 0.3) is 0 Å². The first-order valence-corrected chi connectivity index (χ1v) is 5.92. The number of nitrogens with two attached hydrogens (primary N) is 1. The summed E-state index contributed by atoms with van der Waals surface area (Å²) in [6, 6.07) is 8.93. The number of aromatic nitrogens is 1. The fourth-order valence-corrected chi connectivity index (χ4v) is 1.63. The highest BCUT2D eigenvalue weighted by Gasteiger charge is 2.03. The molecule has 0 saturated heterocycles. The quantitative estimate of drug-likeness (QED) is 0.845. The zero-order valence-electron chi connectivity index (χ0n) is 9.86. The molecule has 6 heteroatoms. The molecule has 0 aliphatic heterocycles. The van der Waals surface area contributed by atoms with Crippen molar-refractivity contribution in [1.82, 2.24) is 4.98 Å². The van der Waals surface area contributed by atoms with Crippen LogP contribution in [0.4, 0.5) is 14.6 Å². The van der Waals surface area contributed by atoms with Gasteiger partial charge >= 0.3 is 0 Å². The zero-order valence-corrected chi connectivity index (χ0v) is 10.7. The molecule has 0 atom stereocenters. The number of nitrogens with zero attached hydrogens (tertiary/aromatic N) is 1. The summed E-state index contributed by atoms with van der Waals surface area (Å²) in [7, 11) is 0. The van der Waals surface area contributed by atoms with Crippen LogP contribution >= 0.6 is 12.2 Å². The van der Waals surface area contributed by atoms with Crippen molar-refractivity contribution in [2.24, 2.45) is 5.73 Å². The zero-order chi connectivity index (χ0) is 13.8. The summed E-state index contributed by atoms with van der Waals surface area (Å²) in [5, 5.41) is 2.99. The van der Waals surface area contributed by atoms with Gasteiger partial charge < -0.3 is 11.1 Å². The number of anilines is 1. The topological polar surface area (TPSA) is 50.9 Å². The highest BCUT2D eigenvalue weighted by molar-refractivity contribution is 7.80.